The van der Waals surface area contributed by atoms with Gasteiger partial charge in [-0.05, 0) is 29.2 Å². The molecule has 1 fully saturated rings. The molecule has 4 heteroatoms. The molecule has 0 spiro atoms. The number of rotatable bonds is 5. The van der Waals surface area contributed by atoms with Crippen LogP contribution in [0.4, 0.5) is 0 Å². The summed E-state index contributed by atoms with van der Waals surface area (Å²) < 4.78 is 11.1. The smallest absolute Gasteiger partial charge is 0.337 e. The average molecular weight is 385 g/mol. The van der Waals surface area contributed by atoms with E-state index in [4.69, 9.17) is 9.47 Å². The Morgan fingerprint density at radius 2 is 1.31 bits per heavy atom. The van der Waals surface area contributed by atoms with E-state index in [0.717, 1.165) is 5.56 Å². The molecular formula is C25H21O4-. The Bertz CT molecular complexity index is 1040. The summed E-state index contributed by atoms with van der Waals surface area (Å²) in [6, 6.07) is 27.5. The number of hydrogen-bond acceptors (Lipinski definition) is 4. The minimum absolute atomic E-state index is 0.219. The van der Waals surface area contributed by atoms with Crippen LogP contribution >= 0.6 is 0 Å². The van der Waals surface area contributed by atoms with Gasteiger partial charge in [-0.15, -0.1) is 0 Å². The van der Waals surface area contributed by atoms with Crippen LogP contribution in [0.3, 0.4) is 0 Å². The van der Waals surface area contributed by atoms with Crippen molar-refractivity contribution in [1.82, 2.24) is 0 Å². The van der Waals surface area contributed by atoms with E-state index in [1.807, 2.05) is 73.7 Å². The number of epoxide rings is 1. The third-order valence-electron chi connectivity index (χ3n) is 5.38. The first-order valence-electron chi connectivity index (χ1n) is 9.41. The fourth-order valence-corrected chi connectivity index (χ4v) is 3.89. The lowest BCUT2D eigenvalue weighted by Gasteiger charge is -2.28. The van der Waals surface area contributed by atoms with E-state index >= 15 is 0 Å². The van der Waals surface area contributed by atoms with Crippen LogP contribution in [0, 0.1) is 0 Å². The van der Waals surface area contributed by atoms with Gasteiger partial charge in [-0.25, -0.2) is 4.79 Å². The van der Waals surface area contributed by atoms with E-state index in [1.54, 1.807) is 24.3 Å². The largest absolute Gasteiger partial charge is 0.822 e. The number of carbonyl (C=O) groups excluding carboxylic acids is 1. The van der Waals surface area contributed by atoms with Crippen molar-refractivity contribution in [2.45, 2.75) is 18.3 Å². The number of methoxy groups -OCH3 is 1. The standard InChI is InChI=1S/C25H21O4/c1-18(19-12-6-3-7-13-19)22(23(26)28-2)24(20-14-8-4-9-15-20)25(27,29-24)21-16-10-5-11-17-21/h3-17H,1-2H3/q-1/b22-18-. The van der Waals surface area contributed by atoms with Crippen LogP contribution in [0.15, 0.2) is 96.6 Å². The molecule has 3 aromatic rings. The summed E-state index contributed by atoms with van der Waals surface area (Å²) in [4.78, 5) is 13.0. The zero-order chi connectivity index (χ0) is 20.5. The molecule has 0 radical (unpaired) electrons. The van der Waals surface area contributed by atoms with E-state index in [1.165, 1.54) is 7.11 Å². The second kappa shape index (κ2) is 7.32. The Morgan fingerprint density at radius 3 is 1.83 bits per heavy atom. The van der Waals surface area contributed by atoms with Gasteiger partial charge in [0.2, 0.25) is 0 Å². The van der Waals surface area contributed by atoms with Gasteiger partial charge in [0.25, 0.3) is 0 Å². The number of carbonyl (C=O) groups is 1. The predicted octanol–water partition coefficient (Wildman–Crippen LogP) is 3.77. The van der Waals surface area contributed by atoms with Crippen LogP contribution < -0.4 is 5.11 Å². The van der Waals surface area contributed by atoms with Crippen molar-refractivity contribution in [2.75, 3.05) is 7.11 Å². The minimum atomic E-state index is -1.94. The van der Waals surface area contributed by atoms with Crippen molar-refractivity contribution >= 4 is 11.5 Å². The topological polar surface area (TPSA) is 61.9 Å². The van der Waals surface area contributed by atoms with Gasteiger partial charge in [0.05, 0.1) is 18.5 Å². The van der Waals surface area contributed by atoms with Gasteiger partial charge in [-0.3, -0.25) is 0 Å². The minimum Gasteiger partial charge on any atom is -0.822 e. The second-order valence-corrected chi connectivity index (χ2v) is 6.99. The van der Waals surface area contributed by atoms with Crippen LogP contribution in [-0.2, 0) is 25.7 Å². The molecule has 0 N–H and O–H groups in total. The molecule has 0 saturated carbocycles. The molecule has 4 nitrogen and oxygen atoms in total. The van der Waals surface area contributed by atoms with Crippen LogP contribution in [0.5, 0.6) is 0 Å². The van der Waals surface area contributed by atoms with E-state index in [-0.39, 0.29) is 5.57 Å². The molecule has 1 heterocycles. The molecule has 0 aromatic heterocycles. The van der Waals surface area contributed by atoms with Crippen LogP contribution in [-0.4, -0.2) is 13.1 Å². The summed E-state index contributed by atoms with van der Waals surface area (Å²) >= 11 is 0. The predicted molar refractivity (Wildman–Crippen MR) is 108 cm³/mol. The van der Waals surface area contributed by atoms with Gasteiger partial charge >= 0.3 is 5.97 Å². The average Bonchev–Trinajstić information content (AvgIpc) is 3.43. The van der Waals surface area contributed by atoms with Crippen molar-refractivity contribution in [1.29, 1.82) is 0 Å². The van der Waals surface area contributed by atoms with Gasteiger partial charge in [0.15, 0.2) is 0 Å². The third-order valence-corrected chi connectivity index (χ3v) is 5.38. The molecule has 1 aliphatic rings. The van der Waals surface area contributed by atoms with E-state index in [2.05, 4.69) is 0 Å². The number of ether oxygens (including phenoxy) is 2. The molecule has 1 aliphatic heterocycles. The molecule has 4 rings (SSSR count). The zero-order valence-corrected chi connectivity index (χ0v) is 16.3. The molecule has 0 bridgehead atoms. The summed E-state index contributed by atoms with van der Waals surface area (Å²) in [7, 11) is 1.32. The molecule has 0 aliphatic carbocycles. The monoisotopic (exact) mass is 385 g/mol. The van der Waals surface area contributed by atoms with Crippen LogP contribution in [0.2, 0.25) is 0 Å². The van der Waals surface area contributed by atoms with Crippen LogP contribution in [0.1, 0.15) is 23.6 Å². The summed E-state index contributed by atoms with van der Waals surface area (Å²) in [5.41, 5.74) is 1.30. The van der Waals surface area contributed by atoms with Gasteiger partial charge in [-0.1, -0.05) is 91.0 Å². The first-order valence-corrected chi connectivity index (χ1v) is 9.41. The maximum absolute atomic E-state index is 14.0. The molecule has 146 valence electrons. The highest BCUT2D eigenvalue weighted by molar-refractivity contribution is 6.00. The number of benzene rings is 3. The van der Waals surface area contributed by atoms with Crippen molar-refractivity contribution in [2.24, 2.45) is 0 Å². The van der Waals surface area contributed by atoms with E-state index < -0.39 is 17.4 Å². The molecule has 2 atom stereocenters. The normalized spacial score (nSPS) is 23.8. The molecular weight excluding hydrogens is 364 g/mol. The lowest BCUT2D eigenvalue weighted by Crippen LogP contribution is -2.38. The van der Waals surface area contributed by atoms with Crippen molar-refractivity contribution < 1.29 is 19.4 Å². The summed E-state index contributed by atoms with van der Waals surface area (Å²) in [5, 5.41) is 14.0. The van der Waals surface area contributed by atoms with Crippen molar-refractivity contribution in [3.63, 3.8) is 0 Å². The van der Waals surface area contributed by atoms with Crippen LogP contribution in [0.25, 0.3) is 5.57 Å². The molecule has 0 amide bonds. The van der Waals surface area contributed by atoms with Gasteiger partial charge < -0.3 is 14.6 Å². The Hall–Kier alpha value is -3.21. The highest BCUT2D eigenvalue weighted by atomic mass is 16.8. The first-order chi connectivity index (χ1) is 14.0. The number of esters is 1. The second-order valence-electron chi connectivity index (χ2n) is 6.99. The van der Waals surface area contributed by atoms with Crippen molar-refractivity contribution in [3.05, 3.63) is 113 Å². The van der Waals surface area contributed by atoms with Gasteiger partial charge in [0, 0.05) is 0 Å². The quantitative estimate of drug-likeness (QED) is 0.381. The summed E-state index contributed by atoms with van der Waals surface area (Å²) in [6.45, 7) is 1.82. The Morgan fingerprint density at radius 1 is 0.828 bits per heavy atom. The van der Waals surface area contributed by atoms with Gasteiger partial charge in [0.1, 0.15) is 5.60 Å². The maximum Gasteiger partial charge on any atom is 0.337 e. The summed E-state index contributed by atoms with van der Waals surface area (Å²) in [6.07, 6.45) is 0. The molecule has 1 saturated heterocycles. The third kappa shape index (κ3) is 2.97. The fraction of sp³-hybridized carbons (Fsp3) is 0.160. The van der Waals surface area contributed by atoms with Gasteiger partial charge in [-0.2, -0.15) is 0 Å². The molecule has 2 unspecified atom stereocenters. The zero-order valence-electron chi connectivity index (χ0n) is 16.3. The Kier molecular flexibility index (Phi) is 4.82. The first kappa shape index (κ1) is 19.1. The number of hydrogen-bond donors (Lipinski definition) is 0. The highest BCUT2D eigenvalue weighted by Crippen LogP contribution is 2.63. The molecule has 29 heavy (non-hydrogen) atoms. The number of allylic oxidation sites excluding steroid dienone is 1. The van der Waals surface area contributed by atoms with Crippen molar-refractivity contribution in [3.8, 4) is 0 Å². The van der Waals surface area contributed by atoms with E-state index in [0.29, 0.717) is 16.7 Å². The Labute approximate surface area is 170 Å². The lowest BCUT2D eigenvalue weighted by atomic mass is 9.80. The fourth-order valence-electron chi connectivity index (χ4n) is 3.89. The Balaban J connectivity index is 2.00. The lowest BCUT2D eigenvalue weighted by molar-refractivity contribution is -0.481. The van der Waals surface area contributed by atoms with E-state index in [9.17, 15) is 9.90 Å². The highest BCUT2D eigenvalue weighted by Gasteiger charge is 2.68. The maximum atomic E-state index is 14.0. The summed E-state index contributed by atoms with van der Waals surface area (Å²) in [5.74, 6) is -2.52. The SMILES string of the molecule is COC(=O)/C(=C(\C)c1ccccc1)C1(c2ccccc2)OC1([O-])c1ccccc1. The molecule has 3 aromatic carbocycles.